The molecule has 0 unspecified atom stereocenters. The van der Waals surface area contributed by atoms with E-state index in [9.17, 15) is 9.59 Å². The van der Waals surface area contributed by atoms with Gasteiger partial charge in [0, 0.05) is 25.9 Å². The van der Waals surface area contributed by atoms with Crippen molar-refractivity contribution in [2.24, 2.45) is 0 Å². The van der Waals surface area contributed by atoms with E-state index in [1.807, 2.05) is 31.2 Å². The first-order valence-corrected chi connectivity index (χ1v) is 10.8. The molecule has 33 heavy (non-hydrogen) atoms. The van der Waals surface area contributed by atoms with Crippen LogP contribution in [0.25, 0.3) is 6.08 Å². The van der Waals surface area contributed by atoms with Crippen LogP contribution in [0.4, 0.5) is 5.69 Å². The molecule has 1 aliphatic rings. The molecule has 0 bridgehead atoms. The molecule has 1 heterocycles. The minimum atomic E-state index is -0.277. The fourth-order valence-corrected chi connectivity index (χ4v) is 3.53. The lowest BCUT2D eigenvalue weighted by Gasteiger charge is -2.13. The van der Waals surface area contributed by atoms with E-state index in [1.165, 1.54) is 12.0 Å². The van der Waals surface area contributed by atoms with E-state index >= 15 is 0 Å². The van der Waals surface area contributed by atoms with Crippen LogP contribution >= 0.6 is 12.2 Å². The Balaban J connectivity index is 1.65. The molecular weight excluding hydrogens is 442 g/mol. The third-order valence-electron chi connectivity index (χ3n) is 4.97. The summed E-state index contributed by atoms with van der Waals surface area (Å²) < 4.78 is 16.1. The molecule has 8 nitrogen and oxygen atoms in total. The fraction of sp³-hybridized carbons (Fsp3) is 0.292. The van der Waals surface area contributed by atoms with E-state index in [1.54, 1.807) is 31.4 Å². The monoisotopic (exact) mass is 469 g/mol. The van der Waals surface area contributed by atoms with E-state index in [0.717, 1.165) is 16.8 Å². The topological polar surface area (TPSA) is 89.1 Å². The number of methoxy groups -OCH3 is 2. The van der Waals surface area contributed by atoms with Crippen molar-refractivity contribution in [1.82, 2.24) is 10.2 Å². The predicted octanol–water partition coefficient (Wildman–Crippen LogP) is 3.12. The van der Waals surface area contributed by atoms with Crippen LogP contribution in [0.2, 0.25) is 0 Å². The van der Waals surface area contributed by atoms with Gasteiger partial charge in [0.2, 0.25) is 0 Å². The number of aryl methyl sites for hydroxylation is 1. The van der Waals surface area contributed by atoms with Crippen LogP contribution in [-0.4, -0.2) is 55.8 Å². The van der Waals surface area contributed by atoms with Gasteiger partial charge < -0.3 is 24.8 Å². The summed E-state index contributed by atoms with van der Waals surface area (Å²) in [5.41, 5.74) is 2.81. The second-order valence-electron chi connectivity index (χ2n) is 7.35. The first kappa shape index (κ1) is 24.2. The largest absolute Gasteiger partial charge is 0.493 e. The number of nitrogens with zero attached hydrogens (tertiary/aromatic N) is 1. The smallest absolute Gasteiger partial charge is 0.276 e. The number of amides is 2. The molecule has 9 heteroatoms. The average Bonchev–Trinajstić information content (AvgIpc) is 3.07. The Morgan fingerprint density at radius 3 is 2.70 bits per heavy atom. The Bertz CT molecular complexity index is 1070. The number of benzene rings is 2. The standard InChI is InChI=1S/C24H27N3O5S/c1-16-7-4-5-8-18(16)25-22(28)15-32-20-10-9-17(14-21(20)31-3)13-19-23(29)27(24(33)26-19)11-6-12-30-2/h4-5,7-10,13-14H,6,11-12,15H2,1-3H3,(H,25,28)(H,26,33)/b19-13+. The van der Waals surface area contributed by atoms with Gasteiger partial charge in [0.15, 0.2) is 23.2 Å². The molecule has 0 spiro atoms. The van der Waals surface area contributed by atoms with Crippen LogP contribution in [-0.2, 0) is 14.3 Å². The van der Waals surface area contributed by atoms with E-state index < -0.39 is 0 Å². The molecule has 0 aromatic heterocycles. The molecule has 0 atom stereocenters. The number of nitrogens with one attached hydrogen (secondary N) is 2. The van der Waals surface area contributed by atoms with E-state index in [4.69, 9.17) is 26.4 Å². The zero-order valence-corrected chi connectivity index (χ0v) is 19.7. The number of para-hydroxylation sites is 1. The second kappa shape index (κ2) is 11.4. The van der Waals surface area contributed by atoms with Gasteiger partial charge in [-0.2, -0.15) is 0 Å². The van der Waals surface area contributed by atoms with Crippen molar-refractivity contribution >= 4 is 40.9 Å². The van der Waals surface area contributed by atoms with Crippen molar-refractivity contribution in [2.75, 3.05) is 39.3 Å². The summed E-state index contributed by atoms with van der Waals surface area (Å²) in [5.74, 6) is 0.392. The number of thiocarbonyl (C=S) groups is 1. The molecule has 2 amide bonds. The van der Waals surface area contributed by atoms with Gasteiger partial charge in [-0.1, -0.05) is 24.3 Å². The summed E-state index contributed by atoms with van der Waals surface area (Å²) in [6, 6.07) is 12.7. The molecule has 1 saturated heterocycles. The summed E-state index contributed by atoms with van der Waals surface area (Å²) in [4.78, 5) is 26.4. The summed E-state index contributed by atoms with van der Waals surface area (Å²) in [5, 5.41) is 6.15. The lowest BCUT2D eigenvalue weighted by molar-refractivity contribution is -0.122. The maximum Gasteiger partial charge on any atom is 0.276 e. The van der Waals surface area contributed by atoms with Crippen LogP contribution in [0, 0.1) is 6.92 Å². The van der Waals surface area contributed by atoms with Gasteiger partial charge in [0.05, 0.1) is 7.11 Å². The van der Waals surface area contributed by atoms with Gasteiger partial charge in [-0.25, -0.2) is 0 Å². The molecular formula is C24H27N3O5S. The fourth-order valence-electron chi connectivity index (χ4n) is 3.24. The highest BCUT2D eigenvalue weighted by Crippen LogP contribution is 2.29. The Kier molecular flexibility index (Phi) is 8.39. The Labute approximate surface area is 198 Å². The Morgan fingerprint density at radius 1 is 1.18 bits per heavy atom. The number of hydrogen-bond acceptors (Lipinski definition) is 6. The number of carbonyl (C=O) groups is 2. The molecule has 0 radical (unpaired) electrons. The molecule has 0 aliphatic carbocycles. The number of hydrogen-bond donors (Lipinski definition) is 2. The van der Waals surface area contributed by atoms with E-state index in [2.05, 4.69) is 10.6 Å². The first-order chi connectivity index (χ1) is 15.9. The quantitative estimate of drug-likeness (QED) is 0.314. The summed E-state index contributed by atoms with van der Waals surface area (Å²) in [6.45, 7) is 2.78. The molecule has 0 saturated carbocycles. The van der Waals surface area contributed by atoms with Crippen molar-refractivity contribution in [3.8, 4) is 11.5 Å². The molecule has 2 aromatic rings. The molecule has 2 N–H and O–H groups in total. The number of rotatable bonds is 10. The summed E-state index contributed by atoms with van der Waals surface area (Å²) >= 11 is 5.27. The third-order valence-corrected chi connectivity index (χ3v) is 5.29. The van der Waals surface area contributed by atoms with Gasteiger partial charge in [-0.15, -0.1) is 0 Å². The molecule has 174 valence electrons. The van der Waals surface area contributed by atoms with Crippen LogP contribution in [0.1, 0.15) is 17.5 Å². The number of ether oxygens (including phenoxy) is 3. The van der Waals surface area contributed by atoms with Crippen LogP contribution in [0.15, 0.2) is 48.2 Å². The number of carbonyl (C=O) groups excluding carboxylic acids is 2. The van der Waals surface area contributed by atoms with Gasteiger partial charge in [-0.05, 0) is 61.0 Å². The Hall–Kier alpha value is -3.43. The second-order valence-corrected chi connectivity index (χ2v) is 7.74. The highest BCUT2D eigenvalue weighted by molar-refractivity contribution is 7.80. The molecule has 1 fully saturated rings. The third kappa shape index (κ3) is 6.30. The lowest BCUT2D eigenvalue weighted by Crippen LogP contribution is -2.32. The Morgan fingerprint density at radius 2 is 1.97 bits per heavy atom. The SMILES string of the molecule is COCCCN1C(=O)/C(=C\c2ccc(OCC(=O)Nc3ccccc3C)c(OC)c2)NC1=S. The molecule has 3 rings (SSSR count). The van der Waals surface area contributed by atoms with Crippen LogP contribution in [0.3, 0.4) is 0 Å². The average molecular weight is 470 g/mol. The van der Waals surface area contributed by atoms with E-state index in [-0.39, 0.29) is 18.4 Å². The lowest BCUT2D eigenvalue weighted by atomic mass is 10.1. The number of anilines is 1. The van der Waals surface area contributed by atoms with Crippen molar-refractivity contribution in [1.29, 1.82) is 0 Å². The minimum Gasteiger partial charge on any atom is -0.493 e. The maximum absolute atomic E-state index is 12.7. The van der Waals surface area contributed by atoms with Crippen molar-refractivity contribution in [2.45, 2.75) is 13.3 Å². The first-order valence-electron chi connectivity index (χ1n) is 10.4. The molecule has 1 aliphatic heterocycles. The minimum absolute atomic E-state index is 0.171. The zero-order chi connectivity index (χ0) is 23.8. The summed E-state index contributed by atoms with van der Waals surface area (Å²) in [6.07, 6.45) is 2.39. The maximum atomic E-state index is 12.7. The van der Waals surface area contributed by atoms with E-state index in [0.29, 0.717) is 41.9 Å². The highest BCUT2D eigenvalue weighted by Gasteiger charge is 2.30. The van der Waals surface area contributed by atoms with Crippen LogP contribution < -0.4 is 20.1 Å². The predicted molar refractivity (Wildman–Crippen MR) is 130 cm³/mol. The van der Waals surface area contributed by atoms with Crippen molar-refractivity contribution < 1.29 is 23.8 Å². The molecule has 2 aromatic carbocycles. The normalized spacial score (nSPS) is 14.4. The highest BCUT2D eigenvalue weighted by atomic mass is 32.1. The van der Waals surface area contributed by atoms with Crippen molar-refractivity contribution in [3.63, 3.8) is 0 Å². The van der Waals surface area contributed by atoms with Gasteiger partial charge in [0.25, 0.3) is 11.8 Å². The van der Waals surface area contributed by atoms with Gasteiger partial charge in [-0.3, -0.25) is 14.5 Å². The van der Waals surface area contributed by atoms with Gasteiger partial charge in [0.1, 0.15) is 5.70 Å². The van der Waals surface area contributed by atoms with Crippen molar-refractivity contribution in [3.05, 3.63) is 59.3 Å². The van der Waals surface area contributed by atoms with Gasteiger partial charge >= 0.3 is 0 Å². The zero-order valence-electron chi connectivity index (χ0n) is 18.8. The summed E-state index contributed by atoms with van der Waals surface area (Å²) in [7, 11) is 3.13. The van der Waals surface area contributed by atoms with Crippen LogP contribution in [0.5, 0.6) is 11.5 Å².